The number of rotatable bonds is 1. The van der Waals surface area contributed by atoms with E-state index in [-0.39, 0.29) is 0 Å². The summed E-state index contributed by atoms with van der Waals surface area (Å²) >= 11 is 0. The van der Waals surface area contributed by atoms with E-state index in [0.717, 1.165) is 54.5 Å². The summed E-state index contributed by atoms with van der Waals surface area (Å²) in [5.41, 5.74) is 5.27. The quantitative estimate of drug-likeness (QED) is 0.246. The molecule has 1 aliphatic rings. The van der Waals surface area contributed by atoms with Crippen LogP contribution in [0.5, 0.6) is 0 Å². The molecule has 0 radical (unpaired) electrons. The van der Waals surface area contributed by atoms with Gasteiger partial charge in [-0.2, -0.15) is 0 Å². The fourth-order valence-electron chi connectivity index (χ4n) is 5.94. The Bertz CT molecular complexity index is 2000. The maximum atomic E-state index is 15.8. The topological polar surface area (TPSA) is 26.9 Å². The number of hydrogen-bond acceptors (Lipinski definition) is 1. The predicted molar refractivity (Wildman–Crippen MR) is 142 cm³/mol. The summed E-state index contributed by atoms with van der Waals surface area (Å²) in [5, 5.41) is 6.30. The molecule has 8 rings (SSSR count). The number of hydrogen-bond donors (Lipinski definition) is 0. The second-order valence-corrected chi connectivity index (χ2v) is 11.5. The van der Waals surface area contributed by atoms with E-state index in [1.165, 1.54) is 5.39 Å². The molecule has 4 heteroatoms. The molecular formula is C30H19N2OP. The van der Waals surface area contributed by atoms with Gasteiger partial charge in [0.25, 0.3) is 0 Å². The van der Waals surface area contributed by atoms with Gasteiger partial charge in [0.2, 0.25) is 7.29 Å². The van der Waals surface area contributed by atoms with Crippen LogP contribution in [0.4, 0.5) is 0 Å². The van der Waals surface area contributed by atoms with Gasteiger partial charge in [0.15, 0.2) is 0 Å². The Kier molecular flexibility index (Phi) is 3.39. The van der Waals surface area contributed by atoms with E-state index in [1.54, 1.807) is 0 Å². The third-order valence-corrected chi connectivity index (χ3v) is 10.3. The Balaban J connectivity index is 1.76. The summed E-state index contributed by atoms with van der Waals surface area (Å²) in [4.78, 5) is 0. The van der Waals surface area contributed by atoms with Crippen LogP contribution in [-0.4, -0.2) is 8.90 Å². The van der Waals surface area contributed by atoms with Crippen molar-refractivity contribution in [1.29, 1.82) is 0 Å². The van der Waals surface area contributed by atoms with Gasteiger partial charge in [0.1, 0.15) is 0 Å². The normalized spacial score (nSPS) is 17.1. The molecule has 2 aromatic heterocycles. The van der Waals surface area contributed by atoms with Crippen molar-refractivity contribution in [3.8, 4) is 5.69 Å². The third-order valence-electron chi connectivity index (χ3n) is 7.28. The monoisotopic (exact) mass is 454 g/mol. The fraction of sp³-hybridized carbons (Fsp3) is 0. The number of nitrogens with zero attached hydrogens (tertiary/aromatic N) is 2. The minimum atomic E-state index is -3.28. The van der Waals surface area contributed by atoms with E-state index in [9.17, 15) is 0 Å². The highest BCUT2D eigenvalue weighted by atomic mass is 31.2. The number of benzene rings is 5. The van der Waals surface area contributed by atoms with Crippen molar-refractivity contribution in [2.24, 2.45) is 0 Å². The van der Waals surface area contributed by atoms with Gasteiger partial charge in [-0.25, -0.2) is 0 Å². The maximum absolute atomic E-state index is 15.8. The number of fused-ring (bicyclic) bond motifs is 7. The van der Waals surface area contributed by atoms with Crippen molar-refractivity contribution in [2.45, 2.75) is 0 Å². The summed E-state index contributed by atoms with van der Waals surface area (Å²) < 4.78 is 20.3. The average Bonchev–Trinajstić information content (AvgIpc) is 3.39. The number of para-hydroxylation sites is 4. The van der Waals surface area contributed by atoms with Gasteiger partial charge in [-0.15, -0.1) is 0 Å². The first kappa shape index (κ1) is 18.4. The van der Waals surface area contributed by atoms with Gasteiger partial charge in [-0.05, 0) is 36.4 Å². The summed E-state index contributed by atoms with van der Waals surface area (Å²) in [7, 11) is -3.28. The second-order valence-electron chi connectivity index (χ2n) is 8.94. The Morgan fingerprint density at radius 2 is 1.09 bits per heavy atom. The van der Waals surface area contributed by atoms with Crippen molar-refractivity contribution in [2.75, 3.05) is 0 Å². The lowest BCUT2D eigenvalue weighted by Crippen LogP contribution is -2.21. The SMILES string of the molecule is O=P1(c2ccccc2)c2cccc3c4ccccc4n(c23)-c2cccc3c4ccccc4n1c23. The molecule has 1 aliphatic heterocycles. The molecule has 160 valence electrons. The molecule has 0 amide bonds. The van der Waals surface area contributed by atoms with Crippen molar-refractivity contribution in [3.05, 3.63) is 115 Å². The minimum absolute atomic E-state index is 0.846. The molecule has 0 saturated heterocycles. The van der Waals surface area contributed by atoms with E-state index in [1.807, 2.05) is 36.4 Å². The fourth-order valence-corrected chi connectivity index (χ4v) is 9.00. The van der Waals surface area contributed by atoms with Crippen LogP contribution < -0.4 is 10.6 Å². The Morgan fingerprint density at radius 3 is 1.88 bits per heavy atom. The molecule has 7 aromatic rings. The third kappa shape index (κ3) is 2.03. The van der Waals surface area contributed by atoms with Crippen LogP contribution in [0.25, 0.3) is 49.3 Å². The molecule has 0 fully saturated rings. The van der Waals surface area contributed by atoms with Gasteiger partial charge < -0.3 is 4.57 Å². The summed E-state index contributed by atoms with van der Waals surface area (Å²) in [6.07, 6.45) is 0. The predicted octanol–water partition coefficient (Wildman–Crippen LogP) is 6.98. The molecule has 1 atom stereocenters. The van der Waals surface area contributed by atoms with E-state index in [4.69, 9.17) is 0 Å². The molecule has 1 unspecified atom stereocenters. The zero-order valence-corrected chi connectivity index (χ0v) is 19.1. The first-order chi connectivity index (χ1) is 16.8. The zero-order chi connectivity index (χ0) is 22.4. The summed E-state index contributed by atoms with van der Waals surface area (Å²) in [6.45, 7) is 0. The van der Waals surface area contributed by atoms with Crippen LogP contribution in [0.2, 0.25) is 0 Å². The van der Waals surface area contributed by atoms with Gasteiger partial charge >= 0.3 is 0 Å². The van der Waals surface area contributed by atoms with Crippen LogP contribution in [0.15, 0.2) is 115 Å². The Hall–Kier alpha value is -4.07. The molecule has 34 heavy (non-hydrogen) atoms. The molecule has 0 saturated carbocycles. The zero-order valence-electron chi connectivity index (χ0n) is 18.2. The standard InChI is InChI=1S/C30H19N2OP/c33-34(20-10-2-1-3-11-20)28-19-9-15-24-21-12-4-6-16-25(21)31(30(24)28)27-18-8-14-23-22-13-5-7-17-26(22)32(34)29(23)27/h1-19H. The Labute approximate surface area is 195 Å². The van der Waals surface area contributed by atoms with E-state index in [2.05, 4.69) is 87.8 Å². The van der Waals surface area contributed by atoms with Gasteiger partial charge in [-0.3, -0.25) is 8.90 Å². The van der Waals surface area contributed by atoms with Crippen molar-refractivity contribution >= 4 is 61.5 Å². The van der Waals surface area contributed by atoms with Crippen molar-refractivity contribution in [1.82, 2.24) is 8.90 Å². The highest BCUT2D eigenvalue weighted by Gasteiger charge is 2.39. The van der Waals surface area contributed by atoms with Crippen molar-refractivity contribution in [3.63, 3.8) is 0 Å². The lowest BCUT2D eigenvalue weighted by Gasteiger charge is -2.22. The molecule has 0 spiro atoms. The second kappa shape index (κ2) is 6.28. The highest BCUT2D eigenvalue weighted by Crippen LogP contribution is 2.55. The first-order valence-corrected chi connectivity index (χ1v) is 13.2. The van der Waals surface area contributed by atoms with Crippen LogP contribution in [0.3, 0.4) is 0 Å². The molecule has 0 bridgehead atoms. The van der Waals surface area contributed by atoms with Gasteiger partial charge in [-0.1, -0.05) is 78.9 Å². The van der Waals surface area contributed by atoms with Crippen LogP contribution in [0.1, 0.15) is 0 Å². The largest absolute Gasteiger partial charge is 0.306 e. The smallest absolute Gasteiger partial charge is 0.236 e. The van der Waals surface area contributed by atoms with E-state index < -0.39 is 7.29 Å². The lowest BCUT2D eigenvalue weighted by atomic mass is 10.1. The van der Waals surface area contributed by atoms with Crippen molar-refractivity contribution < 1.29 is 4.57 Å². The lowest BCUT2D eigenvalue weighted by molar-refractivity contribution is 0.584. The first-order valence-electron chi connectivity index (χ1n) is 11.5. The average molecular weight is 454 g/mol. The maximum Gasteiger partial charge on any atom is 0.236 e. The molecule has 5 aromatic carbocycles. The molecular weight excluding hydrogens is 435 g/mol. The van der Waals surface area contributed by atoms with E-state index in [0.29, 0.717) is 0 Å². The molecule has 3 nitrogen and oxygen atoms in total. The Morgan fingerprint density at radius 1 is 0.500 bits per heavy atom. The molecule has 0 aliphatic carbocycles. The number of aromatic nitrogens is 2. The van der Waals surface area contributed by atoms with Crippen LogP contribution in [-0.2, 0) is 4.57 Å². The van der Waals surface area contributed by atoms with E-state index >= 15 is 4.57 Å². The van der Waals surface area contributed by atoms with Crippen LogP contribution in [0, 0.1) is 0 Å². The summed E-state index contributed by atoms with van der Waals surface area (Å²) in [6, 6.07) is 39.6. The molecule has 3 heterocycles. The summed E-state index contributed by atoms with van der Waals surface area (Å²) in [5.74, 6) is 0. The highest BCUT2D eigenvalue weighted by molar-refractivity contribution is 7.78. The van der Waals surface area contributed by atoms with Gasteiger partial charge in [0.05, 0.1) is 33.1 Å². The molecule has 0 N–H and O–H groups in total. The van der Waals surface area contributed by atoms with Crippen LogP contribution >= 0.6 is 7.29 Å². The van der Waals surface area contributed by atoms with Gasteiger partial charge in [0, 0.05) is 26.8 Å². The minimum Gasteiger partial charge on any atom is -0.306 e.